The molecule has 0 rings (SSSR count). The molecule has 1 atom stereocenters. The van der Waals surface area contributed by atoms with Gasteiger partial charge in [-0.2, -0.15) is 0 Å². The second-order valence-corrected chi connectivity index (χ2v) is 8.20. The molecule has 0 saturated carbocycles. The van der Waals surface area contributed by atoms with Crippen LogP contribution in [-0.2, 0) is 4.79 Å². The molecule has 1 unspecified atom stereocenters. The van der Waals surface area contributed by atoms with Crippen LogP contribution in [0.3, 0.4) is 0 Å². The van der Waals surface area contributed by atoms with Crippen LogP contribution in [-0.4, -0.2) is 5.78 Å². The van der Waals surface area contributed by atoms with Gasteiger partial charge in [-0.25, -0.2) is 0 Å². The highest BCUT2D eigenvalue weighted by atomic mass is 16.1. The van der Waals surface area contributed by atoms with Crippen molar-refractivity contribution in [2.45, 2.75) is 106 Å². The smallest absolute Gasteiger partial charge is 0.130 e. The largest absolute Gasteiger partial charge is 0.300 e. The van der Waals surface area contributed by atoms with Gasteiger partial charge in [0.05, 0.1) is 0 Å². The summed E-state index contributed by atoms with van der Waals surface area (Å²) in [6.45, 7) is 13.2. The summed E-state index contributed by atoms with van der Waals surface area (Å²) in [7, 11) is 0. The fourth-order valence-electron chi connectivity index (χ4n) is 3.00. The van der Waals surface area contributed by atoms with Gasteiger partial charge < -0.3 is 4.79 Å². The zero-order chi connectivity index (χ0) is 18.4. The average molecular weight is 335 g/mol. The molecule has 0 bridgehead atoms. The first kappa shape index (κ1) is 23.1. The first-order valence-corrected chi connectivity index (χ1v) is 10.1. The molecule has 0 aliphatic heterocycles. The van der Waals surface area contributed by atoms with Gasteiger partial charge in [0.2, 0.25) is 0 Å². The summed E-state index contributed by atoms with van der Waals surface area (Å²) in [5.41, 5.74) is 3.02. The number of Topliss-reactive ketones (excluding diaryl/α,β-unsaturated/α-hetero) is 1. The fraction of sp³-hybridized carbons (Fsp3) is 0.783. The fourth-order valence-corrected chi connectivity index (χ4v) is 3.00. The summed E-state index contributed by atoms with van der Waals surface area (Å²) < 4.78 is 0. The highest BCUT2D eigenvalue weighted by Crippen LogP contribution is 2.19. The molecule has 0 fully saturated rings. The topological polar surface area (TPSA) is 17.1 Å². The van der Waals surface area contributed by atoms with E-state index in [0.717, 1.165) is 18.3 Å². The second-order valence-electron chi connectivity index (χ2n) is 8.20. The summed E-state index contributed by atoms with van der Waals surface area (Å²) in [4.78, 5) is 10.9. The molecule has 0 amide bonds. The molecule has 0 N–H and O–H groups in total. The lowest BCUT2D eigenvalue weighted by Gasteiger charge is -2.10. The van der Waals surface area contributed by atoms with Gasteiger partial charge in [-0.1, -0.05) is 56.9 Å². The van der Waals surface area contributed by atoms with Gasteiger partial charge in [-0.15, -0.1) is 0 Å². The minimum absolute atomic E-state index is 0.292. The van der Waals surface area contributed by atoms with E-state index in [0.29, 0.717) is 12.2 Å². The van der Waals surface area contributed by atoms with Crippen molar-refractivity contribution in [1.82, 2.24) is 0 Å². The van der Waals surface area contributed by atoms with Crippen LogP contribution in [0.15, 0.2) is 23.3 Å². The number of carbonyl (C=O) groups excluding carboxylic acids is 1. The molecule has 1 heteroatoms. The molecule has 0 aromatic carbocycles. The summed E-state index contributed by atoms with van der Waals surface area (Å²) in [5, 5.41) is 0. The highest BCUT2D eigenvalue weighted by Gasteiger charge is 2.02. The van der Waals surface area contributed by atoms with Crippen molar-refractivity contribution in [2.75, 3.05) is 0 Å². The Bertz CT molecular complexity index is 387. The van der Waals surface area contributed by atoms with Crippen LogP contribution >= 0.6 is 0 Å². The summed E-state index contributed by atoms with van der Waals surface area (Å²) >= 11 is 0. The van der Waals surface area contributed by atoms with Crippen LogP contribution in [0.25, 0.3) is 0 Å². The molecule has 0 saturated heterocycles. The number of hydrogen-bond donors (Lipinski definition) is 0. The Morgan fingerprint density at radius 1 is 0.750 bits per heavy atom. The molecule has 0 aromatic rings. The third kappa shape index (κ3) is 16.0. The van der Waals surface area contributed by atoms with Crippen molar-refractivity contribution >= 4 is 5.78 Å². The predicted molar refractivity (Wildman–Crippen MR) is 108 cm³/mol. The molecule has 24 heavy (non-hydrogen) atoms. The molecule has 0 aliphatic carbocycles. The van der Waals surface area contributed by atoms with E-state index < -0.39 is 0 Å². The number of allylic oxidation sites excluding steroid dienone is 4. The van der Waals surface area contributed by atoms with Crippen molar-refractivity contribution in [3.8, 4) is 0 Å². The third-order valence-corrected chi connectivity index (χ3v) is 4.76. The Hall–Kier alpha value is -0.850. The number of hydrogen-bond acceptors (Lipinski definition) is 1. The van der Waals surface area contributed by atoms with Crippen LogP contribution in [0.1, 0.15) is 106 Å². The number of carbonyl (C=O) groups is 1. The van der Waals surface area contributed by atoms with Crippen molar-refractivity contribution in [2.24, 2.45) is 11.8 Å². The average Bonchev–Trinajstić information content (AvgIpc) is 2.46. The van der Waals surface area contributed by atoms with Crippen LogP contribution < -0.4 is 0 Å². The lowest BCUT2D eigenvalue weighted by molar-refractivity contribution is -0.116. The Kier molecular flexibility index (Phi) is 14.0. The molecule has 140 valence electrons. The quantitative estimate of drug-likeness (QED) is 0.298. The lowest BCUT2D eigenvalue weighted by atomic mass is 9.96. The van der Waals surface area contributed by atoms with Crippen LogP contribution in [0.4, 0.5) is 0 Å². The zero-order valence-corrected chi connectivity index (χ0v) is 17.3. The molecule has 0 aliphatic rings. The minimum Gasteiger partial charge on any atom is -0.300 e. The van der Waals surface area contributed by atoms with E-state index in [4.69, 9.17) is 0 Å². The normalized spacial score (nSPS) is 14.3. The summed E-state index contributed by atoms with van der Waals surface area (Å²) in [5.74, 6) is 1.94. The van der Waals surface area contributed by atoms with E-state index in [1.165, 1.54) is 56.9 Å². The minimum atomic E-state index is 0.292. The zero-order valence-electron chi connectivity index (χ0n) is 17.3. The standard InChI is InChI=1S/C23H42O/c1-19(2)11-7-12-20(3)13-8-14-21(4)15-9-16-22(5)17-10-18-23(6)24/h13,17,19,21H,7-12,14-16,18H2,1-6H3/b20-13+,22-17+. The third-order valence-electron chi connectivity index (χ3n) is 4.76. The lowest BCUT2D eigenvalue weighted by Crippen LogP contribution is -1.95. The molecule has 0 heterocycles. The molecule has 0 aromatic heterocycles. The van der Waals surface area contributed by atoms with E-state index in [2.05, 4.69) is 46.8 Å². The van der Waals surface area contributed by atoms with E-state index in [1.807, 2.05) is 0 Å². The van der Waals surface area contributed by atoms with Crippen LogP contribution in [0.2, 0.25) is 0 Å². The van der Waals surface area contributed by atoms with Gasteiger partial charge in [0, 0.05) is 6.42 Å². The van der Waals surface area contributed by atoms with Crippen molar-refractivity contribution in [1.29, 1.82) is 0 Å². The van der Waals surface area contributed by atoms with E-state index in [9.17, 15) is 4.79 Å². The molecule has 0 radical (unpaired) electrons. The predicted octanol–water partition coefficient (Wildman–Crippen LogP) is 7.66. The maximum Gasteiger partial charge on any atom is 0.130 e. The molecular weight excluding hydrogens is 292 g/mol. The monoisotopic (exact) mass is 334 g/mol. The Balaban J connectivity index is 3.75. The maximum atomic E-state index is 10.9. The van der Waals surface area contributed by atoms with Gasteiger partial charge in [0.15, 0.2) is 0 Å². The van der Waals surface area contributed by atoms with Crippen molar-refractivity contribution in [3.63, 3.8) is 0 Å². The Morgan fingerprint density at radius 2 is 1.29 bits per heavy atom. The molecule has 0 spiro atoms. The first-order chi connectivity index (χ1) is 11.3. The van der Waals surface area contributed by atoms with Gasteiger partial charge in [0.25, 0.3) is 0 Å². The van der Waals surface area contributed by atoms with Crippen LogP contribution in [0, 0.1) is 11.8 Å². The van der Waals surface area contributed by atoms with E-state index >= 15 is 0 Å². The van der Waals surface area contributed by atoms with E-state index in [-0.39, 0.29) is 0 Å². The Labute approximate surface area is 152 Å². The number of ketones is 1. The molecular formula is C23H42O. The summed E-state index contributed by atoms with van der Waals surface area (Å²) in [6, 6.07) is 0. The Morgan fingerprint density at radius 3 is 1.83 bits per heavy atom. The van der Waals surface area contributed by atoms with E-state index in [1.54, 1.807) is 12.5 Å². The van der Waals surface area contributed by atoms with Gasteiger partial charge >= 0.3 is 0 Å². The van der Waals surface area contributed by atoms with Crippen molar-refractivity contribution < 1.29 is 4.79 Å². The maximum absolute atomic E-state index is 10.9. The molecule has 1 nitrogen and oxygen atoms in total. The SMILES string of the molecule is CC(=O)CC/C=C(\C)CCCC(C)CC/C=C(\C)CCCC(C)C. The second kappa shape index (κ2) is 14.5. The van der Waals surface area contributed by atoms with Crippen molar-refractivity contribution in [3.05, 3.63) is 23.3 Å². The highest BCUT2D eigenvalue weighted by molar-refractivity contribution is 5.75. The summed E-state index contributed by atoms with van der Waals surface area (Å²) in [6.07, 6.45) is 16.6. The van der Waals surface area contributed by atoms with Gasteiger partial charge in [0.1, 0.15) is 5.78 Å². The van der Waals surface area contributed by atoms with Gasteiger partial charge in [-0.3, -0.25) is 0 Å². The first-order valence-electron chi connectivity index (χ1n) is 10.1. The number of rotatable bonds is 14. The van der Waals surface area contributed by atoms with Gasteiger partial charge in [-0.05, 0) is 77.6 Å². The van der Waals surface area contributed by atoms with Crippen LogP contribution in [0.5, 0.6) is 0 Å².